The Balaban J connectivity index is 1.43. The van der Waals surface area contributed by atoms with Crippen LogP contribution in [0, 0.1) is 0 Å². The zero-order valence-corrected chi connectivity index (χ0v) is 18.6. The minimum atomic E-state index is 0.635. The molecule has 32 heavy (non-hydrogen) atoms. The number of hydrogen-bond donors (Lipinski definition) is 0. The topological polar surface area (TPSA) is 68.0 Å². The minimum Gasteiger partial charge on any atom is -0.478 e. The van der Waals surface area contributed by atoms with Gasteiger partial charge in [0.25, 0.3) is 0 Å². The normalized spacial score (nSPS) is 14.5. The van der Waals surface area contributed by atoms with Gasteiger partial charge in [0, 0.05) is 37.5 Å². The lowest BCUT2D eigenvalue weighted by Crippen LogP contribution is -2.36. The first-order valence-corrected chi connectivity index (χ1v) is 11.0. The first-order valence-electron chi connectivity index (χ1n) is 11.0. The van der Waals surface area contributed by atoms with Crippen molar-refractivity contribution in [2.45, 2.75) is 6.42 Å². The van der Waals surface area contributed by atoms with Gasteiger partial charge in [-0.05, 0) is 50.8 Å². The SMILES string of the molecule is CN(C)CCCOc1ccc(-c2ccc3nc4cccc(N5CCOCC5)c4n3n2)cn1. The van der Waals surface area contributed by atoms with Crippen LogP contribution >= 0.6 is 0 Å². The molecule has 3 aromatic heterocycles. The second-order valence-electron chi connectivity index (χ2n) is 8.24. The fraction of sp³-hybridized carbons (Fsp3) is 0.375. The first-order chi connectivity index (χ1) is 15.7. The third-order valence-electron chi connectivity index (χ3n) is 5.64. The molecule has 8 nitrogen and oxygen atoms in total. The second kappa shape index (κ2) is 9.10. The molecule has 0 amide bonds. The number of rotatable bonds is 7. The maximum absolute atomic E-state index is 5.76. The average molecular weight is 433 g/mol. The minimum absolute atomic E-state index is 0.635. The molecule has 0 aliphatic carbocycles. The van der Waals surface area contributed by atoms with Gasteiger partial charge in [0.1, 0.15) is 5.52 Å². The molecule has 4 aromatic rings. The molecule has 0 radical (unpaired) electrons. The summed E-state index contributed by atoms with van der Waals surface area (Å²) in [5.74, 6) is 0.635. The van der Waals surface area contributed by atoms with Crippen LogP contribution in [0.4, 0.5) is 5.69 Å². The summed E-state index contributed by atoms with van der Waals surface area (Å²) in [6.07, 6.45) is 2.78. The lowest BCUT2D eigenvalue weighted by atomic mass is 10.2. The van der Waals surface area contributed by atoms with Crippen molar-refractivity contribution in [1.29, 1.82) is 0 Å². The van der Waals surface area contributed by atoms with Crippen LogP contribution in [-0.4, -0.2) is 78.0 Å². The number of pyridine rings is 1. The molecule has 5 rings (SSSR count). The van der Waals surface area contributed by atoms with Crippen LogP contribution < -0.4 is 9.64 Å². The van der Waals surface area contributed by atoms with Crippen molar-refractivity contribution in [3.8, 4) is 17.1 Å². The van der Waals surface area contributed by atoms with Crippen molar-refractivity contribution >= 4 is 22.4 Å². The molecule has 1 aliphatic rings. The number of anilines is 1. The largest absolute Gasteiger partial charge is 0.478 e. The van der Waals surface area contributed by atoms with Crippen LogP contribution in [0.2, 0.25) is 0 Å². The fourth-order valence-corrected chi connectivity index (χ4v) is 4.00. The molecule has 0 bridgehead atoms. The van der Waals surface area contributed by atoms with E-state index in [4.69, 9.17) is 19.6 Å². The van der Waals surface area contributed by atoms with E-state index >= 15 is 0 Å². The number of fused-ring (bicyclic) bond motifs is 3. The third-order valence-corrected chi connectivity index (χ3v) is 5.64. The molecule has 0 atom stereocenters. The van der Waals surface area contributed by atoms with Crippen LogP contribution in [0.25, 0.3) is 27.9 Å². The van der Waals surface area contributed by atoms with Crippen LogP contribution in [0.1, 0.15) is 6.42 Å². The van der Waals surface area contributed by atoms with Crippen molar-refractivity contribution in [3.05, 3.63) is 48.7 Å². The van der Waals surface area contributed by atoms with Crippen LogP contribution in [-0.2, 0) is 4.74 Å². The van der Waals surface area contributed by atoms with E-state index in [0.717, 1.165) is 72.9 Å². The van der Waals surface area contributed by atoms with Gasteiger partial charge in [-0.1, -0.05) is 6.07 Å². The summed E-state index contributed by atoms with van der Waals surface area (Å²) >= 11 is 0. The number of benzene rings is 1. The van der Waals surface area contributed by atoms with Crippen LogP contribution in [0.3, 0.4) is 0 Å². The highest BCUT2D eigenvalue weighted by molar-refractivity contribution is 5.92. The van der Waals surface area contributed by atoms with Crippen molar-refractivity contribution in [2.24, 2.45) is 0 Å². The molecule has 1 aromatic carbocycles. The van der Waals surface area contributed by atoms with Crippen molar-refractivity contribution in [1.82, 2.24) is 24.5 Å². The van der Waals surface area contributed by atoms with Crippen molar-refractivity contribution in [3.63, 3.8) is 0 Å². The van der Waals surface area contributed by atoms with E-state index in [1.54, 1.807) is 0 Å². The Morgan fingerprint density at radius 2 is 1.94 bits per heavy atom. The fourth-order valence-electron chi connectivity index (χ4n) is 4.00. The highest BCUT2D eigenvalue weighted by Crippen LogP contribution is 2.29. The van der Waals surface area contributed by atoms with Gasteiger partial charge in [-0.2, -0.15) is 5.10 Å². The predicted molar refractivity (Wildman–Crippen MR) is 125 cm³/mol. The molecule has 4 heterocycles. The van der Waals surface area contributed by atoms with E-state index in [0.29, 0.717) is 12.5 Å². The summed E-state index contributed by atoms with van der Waals surface area (Å²) in [7, 11) is 4.12. The Labute approximate surface area is 187 Å². The predicted octanol–water partition coefficient (Wildman–Crippen LogP) is 3.11. The summed E-state index contributed by atoms with van der Waals surface area (Å²) in [5.41, 5.74) is 5.73. The number of aromatic nitrogens is 4. The monoisotopic (exact) mass is 432 g/mol. The van der Waals surface area contributed by atoms with Crippen LogP contribution in [0.5, 0.6) is 5.88 Å². The molecule has 1 saturated heterocycles. The van der Waals surface area contributed by atoms with Gasteiger partial charge in [-0.25, -0.2) is 14.5 Å². The van der Waals surface area contributed by atoms with Gasteiger partial charge >= 0.3 is 0 Å². The summed E-state index contributed by atoms with van der Waals surface area (Å²) in [6.45, 7) is 4.85. The number of nitrogens with zero attached hydrogens (tertiary/aromatic N) is 6. The maximum atomic E-state index is 5.76. The zero-order valence-electron chi connectivity index (χ0n) is 18.6. The molecular formula is C24H28N6O2. The highest BCUT2D eigenvalue weighted by Gasteiger charge is 2.18. The molecule has 1 aliphatic heterocycles. The van der Waals surface area contributed by atoms with Gasteiger partial charge < -0.3 is 19.3 Å². The van der Waals surface area contributed by atoms with Gasteiger partial charge in [0.2, 0.25) is 5.88 Å². The number of morpholine rings is 1. The maximum Gasteiger partial charge on any atom is 0.213 e. The summed E-state index contributed by atoms with van der Waals surface area (Å²) in [4.78, 5) is 13.7. The van der Waals surface area contributed by atoms with E-state index in [9.17, 15) is 0 Å². The standard InChI is InChI=1S/C24H28N6O2/c1-28(2)11-4-14-32-23-10-7-18(17-25-23)19-8-9-22-26-20-5-3-6-21(24(20)30(22)27-19)29-12-15-31-16-13-29/h3,5-10,17H,4,11-16H2,1-2H3. The Kier molecular flexibility index (Phi) is 5.87. The number of ether oxygens (including phenoxy) is 2. The number of para-hydroxylation sites is 1. The Hall–Kier alpha value is -3.23. The number of hydrogen-bond acceptors (Lipinski definition) is 7. The summed E-state index contributed by atoms with van der Waals surface area (Å²) < 4.78 is 13.2. The lowest BCUT2D eigenvalue weighted by molar-refractivity contribution is 0.123. The van der Waals surface area contributed by atoms with Gasteiger partial charge in [0.15, 0.2) is 5.65 Å². The zero-order chi connectivity index (χ0) is 21.9. The third kappa shape index (κ3) is 4.24. The molecule has 166 valence electrons. The van der Waals surface area contributed by atoms with Crippen molar-refractivity contribution in [2.75, 3.05) is 58.5 Å². The Morgan fingerprint density at radius 1 is 1.06 bits per heavy atom. The van der Waals surface area contributed by atoms with E-state index in [1.165, 1.54) is 0 Å². The quantitative estimate of drug-likeness (QED) is 0.416. The molecule has 0 unspecified atom stereocenters. The first kappa shape index (κ1) is 20.7. The van der Waals surface area contributed by atoms with E-state index in [1.807, 2.05) is 41.0 Å². The summed E-state index contributed by atoms with van der Waals surface area (Å²) in [5, 5.41) is 4.92. The van der Waals surface area contributed by atoms with Crippen molar-refractivity contribution < 1.29 is 9.47 Å². The van der Waals surface area contributed by atoms with Crippen LogP contribution in [0.15, 0.2) is 48.7 Å². The molecule has 0 N–H and O–H groups in total. The molecule has 0 spiro atoms. The van der Waals surface area contributed by atoms with E-state index < -0.39 is 0 Å². The lowest BCUT2D eigenvalue weighted by Gasteiger charge is -2.29. The van der Waals surface area contributed by atoms with E-state index in [2.05, 4.69) is 41.0 Å². The summed E-state index contributed by atoms with van der Waals surface area (Å²) in [6, 6.07) is 14.1. The van der Waals surface area contributed by atoms with Gasteiger partial charge in [-0.3, -0.25) is 0 Å². The molecule has 8 heteroatoms. The average Bonchev–Trinajstić information content (AvgIpc) is 3.21. The Morgan fingerprint density at radius 3 is 2.72 bits per heavy atom. The molecule has 0 saturated carbocycles. The molecular weight excluding hydrogens is 404 g/mol. The van der Waals surface area contributed by atoms with Gasteiger partial charge in [-0.15, -0.1) is 0 Å². The second-order valence-corrected chi connectivity index (χ2v) is 8.24. The van der Waals surface area contributed by atoms with E-state index in [-0.39, 0.29) is 0 Å². The van der Waals surface area contributed by atoms with Gasteiger partial charge in [0.05, 0.1) is 36.7 Å². The Bertz CT molecular complexity index is 1200. The molecule has 1 fully saturated rings. The highest BCUT2D eigenvalue weighted by atomic mass is 16.5. The number of imidazole rings is 1. The smallest absolute Gasteiger partial charge is 0.213 e.